The molecule has 2 aromatic rings. The number of nitrogens with one attached hydrogen (secondary N) is 1. The Hall–Kier alpha value is -0.930. The van der Waals surface area contributed by atoms with Crippen LogP contribution in [0.15, 0.2) is 24.3 Å². The molecule has 0 bridgehead atoms. The Morgan fingerprint density at radius 3 is 3.06 bits per heavy atom. The molecule has 1 fully saturated rings. The van der Waals surface area contributed by atoms with Crippen molar-refractivity contribution in [3.8, 4) is 0 Å². The van der Waals surface area contributed by atoms with Crippen LogP contribution in [0.2, 0.25) is 0 Å². The highest BCUT2D eigenvalue weighted by atomic mass is 32.1. The van der Waals surface area contributed by atoms with Crippen LogP contribution in [0.1, 0.15) is 30.6 Å². The number of piperidine rings is 1. The van der Waals surface area contributed by atoms with Gasteiger partial charge in [0.1, 0.15) is 5.82 Å². The molecular formula is C14H16FNS. The van der Waals surface area contributed by atoms with Crippen molar-refractivity contribution < 1.29 is 4.39 Å². The average Bonchev–Trinajstić information content (AvgIpc) is 2.72. The van der Waals surface area contributed by atoms with E-state index in [0.29, 0.717) is 12.0 Å². The molecule has 0 saturated carbocycles. The summed E-state index contributed by atoms with van der Waals surface area (Å²) in [6, 6.07) is 7.91. The fraction of sp³-hybridized carbons (Fsp3) is 0.429. The second kappa shape index (κ2) is 4.39. The summed E-state index contributed by atoms with van der Waals surface area (Å²) < 4.78 is 14.2. The zero-order chi connectivity index (χ0) is 11.8. The van der Waals surface area contributed by atoms with Crippen LogP contribution in [0.4, 0.5) is 4.39 Å². The minimum Gasteiger partial charge on any atom is -0.314 e. The number of rotatable bonds is 1. The van der Waals surface area contributed by atoms with Gasteiger partial charge in [-0.3, -0.25) is 0 Å². The Morgan fingerprint density at radius 1 is 1.35 bits per heavy atom. The molecule has 2 atom stereocenters. The predicted molar refractivity (Wildman–Crippen MR) is 71.2 cm³/mol. The first-order chi connectivity index (χ1) is 8.22. The molecule has 1 aliphatic rings. The zero-order valence-corrected chi connectivity index (χ0v) is 10.7. The lowest BCUT2D eigenvalue weighted by atomic mass is 9.92. The lowest BCUT2D eigenvalue weighted by Gasteiger charge is -2.27. The third kappa shape index (κ3) is 2.22. The first kappa shape index (κ1) is 11.2. The van der Waals surface area contributed by atoms with Crippen LogP contribution in [0.3, 0.4) is 0 Å². The number of fused-ring (bicyclic) bond motifs is 1. The molecule has 0 amide bonds. The summed E-state index contributed by atoms with van der Waals surface area (Å²) >= 11 is 1.75. The van der Waals surface area contributed by atoms with Crippen LogP contribution in [0.25, 0.3) is 10.1 Å². The molecule has 1 aromatic heterocycles. The van der Waals surface area contributed by atoms with E-state index in [4.69, 9.17) is 0 Å². The van der Waals surface area contributed by atoms with E-state index in [0.717, 1.165) is 11.2 Å². The molecule has 1 N–H and O–H groups in total. The van der Waals surface area contributed by atoms with Gasteiger partial charge in [0.15, 0.2) is 0 Å². The Labute approximate surface area is 105 Å². The van der Waals surface area contributed by atoms with E-state index < -0.39 is 0 Å². The van der Waals surface area contributed by atoms with Gasteiger partial charge in [0.2, 0.25) is 0 Å². The first-order valence-corrected chi connectivity index (χ1v) is 6.96. The summed E-state index contributed by atoms with van der Waals surface area (Å²) in [5, 5.41) is 4.65. The van der Waals surface area contributed by atoms with Gasteiger partial charge in [0, 0.05) is 15.6 Å². The Morgan fingerprint density at radius 2 is 2.24 bits per heavy atom. The van der Waals surface area contributed by atoms with Crippen LogP contribution in [0, 0.1) is 5.82 Å². The van der Waals surface area contributed by atoms with E-state index in [1.807, 2.05) is 6.07 Å². The Balaban J connectivity index is 1.94. The molecule has 3 heteroatoms. The second-order valence-corrected chi connectivity index (χ2v) is 6.02. The molecule has 1 aromatic carbocycles. The number of benzene rings is 1. The lowest BCUT2D eigenvalue weighted by molar-refractivity contribution is 0.384. The van der Waals surface area contributed by atoms with Gasteiger partial charge in [-0.1, -0.05) is 6.07 Å². The number of halogens is 1. The number of hydrogen-bond acceptors (Lipinski definition) is 2. The highest BCUT2D eigenvalue weighted by Crippen LogP contribution is 2.36. The third-order valence-electron chi connectivity index (χ3n) is 3.53. The van der Waals surface area contributed by atoms with Crippen LogP contribution in [-0.4, -0.2) is 12.6 Å². The van der Waals surface area contributed by atoms with Crippen molar-refractivity contribution in [2.45, 2.75) is 31.7 Å². The predicted octanol–water partition coefficient (Wildman–Crippen LogP) is 3.90. The Bertz CT molecular complexity index is 534. The first-order valence-electron chi connectivity index (χ1n) is 6.15. The zero-order valence-electron chi connectivity index (χ0n) is 9.87. The second-order valence-electron chi connectivity index (χ2n) is 4.91. The quantitative estimate of drug-likeness (QED) is 0.808. The molecule has 0 spiro atoms. The van der Waals surface area contributed by atoms with Crippen molar-refractivity contribution >= 4 is 21.4 Å². The van der Waals surface area contributed by atoms with Crippen molar-refractivity contribution in [2.24, 2.45) is 0 Å². The van der Waals surface area contributed by atoms with Crippen LogP contribution in [0.5, 0.6) is 0 Å². The summed E-state index contributed by atoms with van der Waals surface area (Å²) in [5.41, 5.74) is 0. The average molecular weight is 249 g/mol. The van der Waals surface area contributed by atoms with Crippen molar-refractivity contribution in [1.82, 2.24) is 5.32 Å². The molecule has 1 aliphatic heterocycles. The minimum atomic E-state index is -0.135. The van der Waals surface area contributed by atoms with E-state index >= 15 is 0 Å². The summed E-state index contributed by atoms with van der Waals surface area (Å²) in [5.74, 6) is 0.510. The normalized spacial score (nSPS) is 25.3. The summed E-state index contributed by atoms with van der Waals surface area (Å²) in [7, 11) is 0. The molecule has 2 heterocycles. The van der Waals surface area contributed by atoms with Gasteiger partial charge in [-0.15, -0.1) is 11.3 Å². The van der Waals surface area contributed by atoms with Crippen LogP contribution < -0.4 is 5.32 Å². The van der Waals surface area contributed by atoms with Gasteiger partial charge in [-0.05, 0) is 55.8 Å². The SMILES string of the molecule is C[C@H]1C[C@@H](c2cc3ccc(F)cc3s2)CCN1. The monoisotopic (exact) mass is 249 g/mol. The van der Waals surface area contributed by atoms with Gasteiger partial charge in [-0.2, -0.15) is 0 Å². The number of hydrogen-bond donors (Lipinski definition) is 1. The minimum absolute atomic E-state index is 0.135. The molecule has 1 nitrogen and oxygen atoms in total. The summed E-state index contributed by atoms with van der Waals surface area (Å²) in [6.07, 6.45) is 2.38. The lowest BCUT2D eigenvalue weighted by Crippen LogP contribution is -2.34. The molecular weight excluding hydrogens is 233 g/mol. The fourth-order valence-electron chi connectivity index (χ4n) is 2.62. The molecule has 1 saturated heterocycles. The fourth-order valence-corrected chi connectivity index (χ4v) is 3.85. The van der Waals surface area contributed by atoms with Crippen molar-refractivity contribution in [3.63, 3.8) is 0 Å². The summed E-state index contributed by atoms with van der Waals surface area (Å²) in [6.45, 7) is 3.33. The van der Waals surface area contributed by atoms with Crippen molar-refractivity contribution in [1.29, 1.82) is 0 Å². The van der Waals surface area contributed by atoms with E-state index in [9.17, 15) is 4.39 Å². The maximum Gasteiger partial charge on any atom is 0.124 e. The van der Waals surface area contributed by atoms with Crippen LogP contribution >= 0.6 is 11.3 Å². The molecule has 0 radical (unpaired) electrons. The number of thiophene rings is 1. The summed E-state index contributed by atoms with van der Waals surface area (Å²) in [4.78, 5) is 1.42. The van der Waals surface area contributed by atoms with Crippen molar-refractivity contribution in [3.05, 3.63) is 35.0 Å². The topological polar surface area (TPSA) is 12.0 Å². The smallest absolute Gasteiger partial charge is 0.124 e. The van der Waals surface area contributed by atoms with E-state index in [1.165, 1.54) is 23.1 Å². The van der Waals surface area contributed by atoms with Gasteiger partial charge in [0.05, 0.1) is 0 Å². The third-order valence-corrected chi connectivity index (χ3v) is 4.79. The maximum atomic E-state index is 13.1. The molecule has 0 aliphatic carbocycles. The highest BCUT2D eigenvalue weighted by molar-refractivity contribution is 7.19. The molecule has 90 valence electrons. The Kier molecular flexibility index (Phi) is 2.89. The van der Waals surface area contributed by atoms with Gasteiger partial charge in [0.25, 0.3) is 0 Å². The van der Waals surface area contributed by atoms with E-state index in [2.05, 4.69) is 18.3 Å². The molecule has 17 heavy (non-hydrogen) atoms. The van der Waals surface area contributed by atoms with Gasteiger partial charge >= 0.3 is 0 Å². The van der Waals surface area contributed by atoms with E-state index in [1.54, 1.807) is 23.5 Å². The highest BCUT2D eigenvalue weighted by Gasteiger charge is 2.21. The van der Waals surface area contributed by atoms with Crippen LogP contribution in [-0.2, 0) is 0 Å². The maximum absolute atomic E-state index is 13.1. The van der Waals surface area contributed by atoms with Gasteiger partial charge in [-0.25, -0.2) is 4.39 Å². The van der Waals surface area contributed by atoms with Gasteiger partial charge < -0.3 is 5.32 Å². The van der Waals surface area contributed by atoms with E-state index in [-0.39, 0.29) is 5.82 Å². The largest absolute Gasteiger partial charge is 0.314 e. The molecule has 3 rings (SSSR count). The van der Waals surface area contributed by atoms with Crippen molar-refractivity contribution in [2.75, 3.05) is 6.54 Å². The standard InChI is InChI=1S/C14H16FNS/c1-9-6-11(4-5-16-9)13-7-10-2-3-12(15)8-14(10)17-13/h2-3,7-9,11,16H,4-6H2,1H3/t9-,11-/m0/s1. The molecule has 0 unspecified atom stereocenters.